The van der Waals surface area contributed by atoms with Gasteiger partial charge in [-0.25, -0.2) is 23.7 Å². The Labute approximate surface area is 149 Å². The summed E-state index contributed by atoms with van der Waals surface area (Å²) >= 11 is 0. The molecule has 0 fully saturated rings. The predicted molar refractivity (Wildman–Crippen MR) is 87.5 cm³/mol. The largest absolute Gasteiger partial charge is 0.464 e. The van der Waals surface area contributed by atoms with Crippen LogP contribution in [0.3, 0.4) is 0 Å². The minimum atomic E-state index is -4.01. The summed E-state index contributed by atoms with van der Waals surface area (Å²) in [6, 6.07) is 2.89. The Morgan fingerprint density at radius 2 is 1.77 bits per heavy atom. The fraction of sp³-hybridized carbons (Fsp3) is 0.333. The van der Waals surface area contributed by atoms with E-state index in [-0.39, 0.29) is 23.6 Å². The molecule has 0 bridgehead atoms. The Hall–Kier alpha value is -2.79. The number of esters is 2. The van der Waals surface area contributed by atoms with E-state index in [1.807, 2.05) is 0 Å². The monoisotopic (exact) mass is 384 g/mol. The summed E-state index contributed by atoms with van der Waals surface area (Å²) in [5.41, 5.74) is 0.350. The number of nitrogens with zero attached hydrogens (tertiary/aromatic N) is 3. The maximum absolute atomic E-state index is 11.8. The maximum atomic E-state index is 11.8. The Morgan fingerprint density at radius 3 is 2.27 bits per heavy atom. The van der Waals surface area contributed by atoms with Crippen LogP contribution in [0.25, 0.3) is 5.69 Å². The summed E-state index contributed by atoms with van der Waals surface area (Å²) in [6.07, 6.45) is 5.21. The van der Waals surface area contributed by atoms with E-state index < -0.39 is 22.1 Å². The number of methoxy groups -OCH3 is 2. The zero-order chi connectivity index (χ0) is 19.3. The van der Waals surface area contributed by atoms with Crippen LogP contribution in [0.15, 0.2) is 30.9 Å². The van der Waals surface area contributed by atoms with Crippen molar-refractivity contribution in [1.82, 2.24) is 9.55 Å². The summed E-state index contributed by atoms with van der Waals surface area (Å²) in [7, 11) is -1.60. The summed E-state index contributed by atoms with van der Waals surface area (Å²) in [5.74, 6) is -1.75. The van der Waals surface area contributed by atoms with Crippen molar-refractivity contribution < 1.29 is 36.6 Å². The average Bonchev–Trinajstić information content (AvgIpc) is 3.07. The van der Waals surface area contributed by atoms with E-state index >= 15 is 0 Å². The molecule has 2 rings (SSSR count). The van der Waals surface area contributed by atoms with Gasteiger partial charge in [-0.3, -0.25) is 4.55 Å². The lowest BCUT2D eigenvalue weighted by Crippen LogP contribution is -2.32. The Morgan fingerprint density at radius 1 is 1.19 bits per heavy atom. The van der Waals surface area contributed by atoms with E-state index in [9.17, 15) is 18.0 Å². The van der Waals surface area contributed by atoms with Crippen molar-refractivity contribution in [3.8, 4) is 5.69 Å². The van der Waals surface area contributed by atoms with Gasteiger partial charge in [0.2, 0.25) is 6.33 Å². The lowest BCUT2D eigenvalue weighted by molar-refractivity contribution is -0.696. The first-order valence-corrected chi connectivity index (χ1v) is 9.05. The molecule has 26 heavy (non-hydrogen) atoms. The lowest BCUT2D eigenvalue weighted by atomic mass is 10.2. The molecule has 0 aliphatic rings. The molecule has 0 saturated heterocycles. The molecular formula is C15H18N3O7S+. The van der Waals surface area contributed by atoms with Crippen molar-refractivity contribution in [1.29, 1.82) is 0 Å². The van der Waals surface area contributed by atoms with Crippen LogP contribution in [0.5, 0.6) is 0 Å². The van der Waals surface area contributed by atoms with Crippen LogP contribution < -0.4 is 4.57 Å². The molecule has 2 aromatic rings. The molecule has 10 nitrogen and oxygen atoms in total. The van der Waals surface area contributed by atoms with Crippen LogP contribution in [0.4, 0.5) is 0 Å². The van der Waals surface area contributed by atoms with Gasteiger partial charge in [0.25, 0.3) is 10.1 Å². The summed E-state index contributed by atoms with van der Waals surface area (Å²) in [4.78, 5) is 27.5. The van der Waals surface area contributed by atoms with Crippen LogP contribution >= 0.6 is 0 Å². The molecule has 2 aromatic heterocycles. The normalized spacial score (nSPS) is 11.2. The van der Waals surface area contributed by atoms with E-state index in [2.05, 4.69) is 14.5 Å². The van der Waals surface area contributed by atoms with E-state index in [0.717, 1.165) is 0 Å². The first-order valence-electron chi connectivity index (χ1n) is 7.45. The summed E-state index contributed by atoms with van der Waals surface area (Å²) in [6.45, 7) is 0.353. The number of aromatic nitrogens is 3. The minimum Gasteiger partial charge on any atom is -0.464 e. The average molecular weight is 384 g/mol. The molecule has 0 unspecified atom stereocenters. The maximum Gasteiger partial charge on any atom is 0.356 e. The number of pyridine rings is 1. The summed E-state index contributed by atoms with van der Waals surface area (Å²) < 4.78 is 42.9. The second kappa shape index (κ2) is 8.06. The number of imidazole rings is 1. The molecule has 1 N–H and O–H groups in total. The highest BCUT2D eigenvalue weighted by molar-refractivity contribution is 7.85. The van der Waals surface area contributed by atoms with Crippen molar-refractivity contribution >= 4 is 22.1 Å². The van der Waals surface area contributed by atoms with Gasteiger partial charge in [0, 0.05) is 18.6 Å². The molecule has 0 aliphatic carbocycles. The molecule has 0 amide bonds. The Bertz CT molecular complexity index is 887. The second-order valence-corrected chi connectivity index (χ2v) is 6.85. The van der Waals surface area contributed by atoms with Crippen LogP contribution in [0.1, 0.15) is 27.4 Å². The first kappa shape index (κ1) is 19.5. The standard InChI is InChI=1S/C15H17N3O7S/c1-24-14(19)12-8-11(9-13(16-12)15(20)25-2)18-6-5-17(10-18)4-3-7-26(21,22)23/h5-6,8-10H,3-4,7H2,1-2H3/p+1. The van der Waals surface area contributed by atoms with Gasteiger partial charge < -0.3 is 9.47 Å². The van der Waals surface area contributed by atoms with E-state index in [0.29, 0.717) is 12.2 Å². The smallest absolute Gasteiger partial charge is 0.356 e. The highest BCUT2D eigenvalue weighted by Crippen LogP contribution is 2.13. The van der Waals surface area contributed by atoms with Crippen LogP contribution in [0, 0.1) is 0 Å². The quantitative estimate of drug-likeness (QED) is 0.402. The van der Waals surface area contributed by atoms with E-state index in [4.69, 9.17) is 4.55 Å². The molecule has 0 atom stereocenters. The predicted octanol–water partition coefficient (Wildman–Crippen LogP) is 0.0109. The molecule has 11 heteroatoms. The topological polar surface area (TPSA) is 129 Å². The van der Waals surface area contributed by atoms with E-state index in [1.54, 1.807) is 27.9 Å². The molecule has 0 saturated carbocycles. The Balaban J connectivity index is 2.29. The fourth-order valence-corrected chi connectivity index (χ4v) is 2.69. The highest BCUT2D eigenvalue weighted by atomic mass is 32.2. The number of rotatable bonds is 7. The number of carbonyl (C=O) groups is 2. The lowest BCUT2D eigenvalue weighted by Gasteiger charge is -2.04. The van der Waals surface area contributed by atoms with Gasteiger partial charge in [-0.1, -0.05) is 0 Å². The van der Waals surface area contributed by atoms with Gasteiger partial charge in [-0.15, -0.1) is 0 Å². The molecule has 2 heterocycles. The Kier molecular flexibility index (Phi) is 6.05. The third-order valence-electron chi connectivity index (χ3n) is 3.41. The number of aryl methyl sites for hydroxylation is 1. The fourth-order valence-electron chi connectivity index (χ4n) is 2.19. The van der Waals surface area contributed by atoms with Gasteiger partial charge in [-0.2, -0.15) is 8.42 Å². The molecular weight excluding hydrogens is 366 g/mol. The number of hydrogen-bond donors (Lipinski definition) is 1. The van der Waals surface area contributed by atoms with E-state index in [1.165, 1.54) is 26.4 Å². The summed E-state index contributed by atoms with van der Waals surface area (Å²) in [5, 5.41) is 0. The van der Waals surface area contributed by atoms with Crippen LogP contribution in [-0.4, -0.2) is 54.4 Å². The third-order valence-corrected chi connectivity index (χ3v) is 4.21. The zero-order valence-corrected chi connectivity index (χ0v) is 15.0. The van der Waals surface area contributed by atoms with Crippen molar-refractivity contribution in [2.45, 2.75) is 13.0 Å². The van der Waals surface area contributed by atoms with Gasteiger partial charge in [0.1, 0.15) is 18.1 Å². The molecule has 0 aliphatic heterocycles. The first-order chi connectivity index (χ1) is 12.2. The SMILES string of the molecule is COC(=O)c1cc(-n2cc[n+](CCCS(=O)(=O)O)c2)cc(C(=O)OC)n1. The van der Waals surface area contributed by atoms with Crippen molar-refractivity contribution in [2.24, 2.45) is 0 Å². The minimum absolute atomic E-state index is 0.0583. The van der Waals surface area contributed by atoms with Crippen LogP contribution in [0.2, 0.25) is 0 Å². The van der Waals surface area contributed by atoms with Crippen molar-refractivity contribution in [3.05, 3.63) is 42.2 Å². The number of hydrogen-bond acceptors (Lipinski definition) is 7. The van der Waals surface area contributed by atoms with Gasteiger partial charge in [0.15, 0.2) is 11.4 Å². The van der Waals surface area contributed by atoms with Gasteiger partial charge in [-0.05, 0) is 0 Å². The number of ether oxygens (including phenoxy) is 2. The second-order valence-electron chi connectivity index (χ2n) is 5.28. The zero-order valence-electron chi connectivity index (χ0n) is 14.2. The van der Waals surface area contributed by atoms with Crippen molar-refractivity contribution in [3.63, 3.8) is 0 Å². The van der Waals surface area contributed by atoms with Gasteiger partial charge >= 0.3 is 11.9 Å². The van der Waals surface area contributed by atoms with Crippen LogP contribution in [-0.2, 0) is 26.1 Å². The molecule has 0 spiro atoms. The third kappa shape index (κ3) is 5.10. The molecule has 0 radical (unpaired) electrons. The highest BCUT2D eigenvalue weighted by Gasteiger charge is 2.19. The number of carbonyl (C=O) groups excluding carboxylic acids is 2. The molecule has 0 aromatic carbocycles. The van der Waals surface area contributed by atoms with Crippen molar-refractivity contribution in [2.75, 3.05) is 20.0 Å². The van der Waals surface area contributed by atoms with Gasteiger partial charge in [0.05, 0.1) is 26.5 Å². The molecule has 140 valence electrons.